The maximum absolute atomic E-state index is 12.3. The number of amides is 1. The van der Waals surface area contributed by atoms with Crippen LogP contribution in [0, 0.1) is 0 Å². The van der Waals surface area contributed by atoms with Crippen molar-refractivity contribution in [2.24, 2.45) is 5.73 Å². The Hall–Kier alpha value is -1.55. The van der Waals surface area contributed by atoms with Gasteiger partial charge in [0, 0.05) is 17.6 Å². The zero-order valence-corrected chi connectivity index (χ0v) is 12.1. The smallest absolute Gasteiger partial charge is 0.251 e. The lowest BCUT2D eigenvalue weighted by molar-refractivity contribution is 0.0921. The summed E-state index contributed by atoms with van der Waals surface area (Å²) in [6, 6.07) is 7.49. The normalized spacial score (nSPS) is 22.3. The molecule has 1 fully saturated rings. The van der Waals surface area contributed by atoms with Crippen molar-refractivity contribution in [3.63, 3.8) is 0 Å². The first-order valence-electron chi connectivity index (χ1n) is 7.50. The summed E-state index contributed by atoms with van der Waals surface area (Å²) in [7, 11) is 0. The van der Waals surface area contributed by atoms with Crippen molar-refractivity contribution in [2.75, 3.05) is 6.61 Å². The summed E-state index contributed by atoms with van der Waals surface area (Å²) in [6.07, 6.45) is 5.21. The van der Waals surface area contributed by atoms with E-state index in [2.05, 4.69) is 12.2 Å². The van der Waals surface area contributed by atoms with Crippen molar-refractivity contribution in [1.29, 1.82) is 0 Å². The van der Waals surface area contributed by atoms with Gasteiger partial charge < -0.3 is 15.8 Å². The van der Waals surface area contributed by atoms with E-state index in [1.807, 2.05) is 18.2 Å². The summed E-state index contributed by atoms with van der Waals surface area (Å²) >= 11 is 0. The second-order valence-corrected chi connectivity index (χ2v) is 5.40. The minimum atomic E-state index is -0.0608. The molecule has 0 radical (unpaired) electrons. The van der Waals surface area contributed by atoms with Crippen LogP contribution in [0.2, 0.25) is 0 Å². The molecule has 2 unspecified atom stereocenters. The Kier molecular flexibility index (Phi) is 5.41. The molecular formula is C16H24N2O2. The van der Waals surface area contributed by atoms with E-state index < -0.39 is 0 Å². The van der Waals surface area contributed by atoms with Gasteiger partial charge in [0.1, 0.15) is 5.75 Å². The highest BCUT2D eigenvalue weighted by Crippen LogP contribution is 2.18. The van der Waals surface area contributed by atoms with Crippen LogP contribution >= 0.6 is 0 Å². The zero-order chi connectivity index (χ0) is 14.4. The molecule has 1 amide bonds. The minimum Gasteiger partial charge on any atom is -0.494 e. The maximum Gasteiger partial charge on any atom is 0.251 e. The molecule has 0 aliphatic heterocycles. The third kappa shape index (κ3) is 3.97. The molecule has 2 rings (SSSR count). The number of ether oxygens (including phenoxy) is 1. The van der Waals surface area contributed by atoms with Crippen molar-refractivity contribution in [1.82, 2.24) is 5.32 Å². The SMILES string of the molecule is CCCOc1cccc(C(=O)NC2CCCCC2N)c1. The van der Waals surface area contributed by atoms with Crippen LogP contribution in [0.4, 0.5) is 0 Å². The van der Waals surface area contributed by atoms with E-state index in [9.17, 15) is 4.79 Å². The van der Waals surface area contributed by atoms with Crippen molar-refractivity contribution in [2.45, 2.75) is 51.1 Å². The molecule has 4 nitrogen and oxygen atoms in total. The summed E-state index contributed by atoms with van der Waals surface area (Å²) in [5, 5.41) is 3.05. The zero-order valence-electron chi connectivity index (χ0n) is 12.1. The fraction of sp³-hybridized carbons (Fsp3) is 0.562. The topological polar surface area (TPSA) is 64.3 Å². The average molecular weight is 276 g/mol. The Labute approximate surface area is 120 Å². The van der Waals surface area contributed by atoms with Crippen LogP contribution < -0.4 is 15.8 Å². The average Bonchev–Trinajstić information content (AvgIpc) is 2.48. The molecule has 0 heterocycles. The van der Waals surface area contributed by atoms with Gasteiger partial charge >= 0.3 is 0 Å². The predicted octanol–water partition coefficient (Wildman–Crippen LogP) is 2.48. The quantitative estimate of drug-likeness (QED) is 0.868. The molecule has 2 atom stereocenters. The number of hydrogen-bond donors (Lipinski definition) is 2. The number of nitrogens with two attached hydrogens (primary N) is 1. The van der Waals surface area contributed by atoms with E-state index in [4.69, 9.17) is 10.5 Å². The molecule has 20 heavy (non-hydrogen) atoms. The number of nitrogens with one attached hydrogen (secondary N) is 1. The lowest BCUT2D eigenvalue weighted by atomic mass is 9.91. The number of rotatable bonds is 5. The van der Waals surface area contributed by atoms with E-state index in [0.717, 1.165) is 37.9 Å². The molecule has 4 heteroatoms. The Morgan fingerprint density at radius 1 is 1.40 bits per heavy atom. The van der Waals surface area contributed by atoms with Gasteiger partial charge in [-0.1, -0.05) is 25.8 Å². The number of benzene rings is 1. The van der Waals surface area contributed by atoms with E-state index in [0.29, 0.717) is 12.2 Å². The summed E-state index contributed by atoms with van der Waals surface area (Å²) in [4.78, 5) is 12.3. The van der Waals surface area contributed by atoms with Crippen LogP contribution in [0.5, 0.6) is 5.75 Å². The molecule has 1 aromatic carbocycles. The number of carbonyl (C=O) groups excluding carboxylic acids is 1. The van der Waals surface area contributed by atoms with E-state index in [1.165, 1.54) is 0 Å². The second kappa shape index (κ2) is 7.29. The molecule has 0 aromatic heterocycles. The molecule has 1 aliphatic rings. The summed E-state index contributed by atoms with van der Waals surface area (Å²) in [6.45, 7) is 2.72. The molecule has 1 aliphatic carbocycles. The van der Waals surface area contributed by atoms with Gasteiger partial charge in [0.15, 0.2) is 0 Å². The van der Waals surface area contributed by atoms with Crippen LogP contribution in [0.25, 0.3) is 0 Å². The monoisotopic (exact) mass is 276 g/mol. The van der Waals surface area contributed by atoms with Crippen LogP contribution in [0.1, 0.15) is 49.4 Å². The van der Waals surface area contributed by atoms with Gasteiger partial charge in [0.05, 0.1) is 6.61 Å². The highest BCUT2D eigenvalue weighted by atomic mass is 16.5. The summed E-state index contributed by atoms with van der Waals surface area (Å²) < 4.78 is 5.55. The number of hydrogen-bond acceptors (Lipinski definition) is 3. The Morgan fingerprint density at radius 2 is 2.20 bits per heavy atom. The molecule has 3 N–H and O–H groups in total. The fourth-order valence-corrected chi connectivity index (χ4v) is 2.54. The van der Waals surface area contributed by atoms with Gasteiger partial charge in [-0.2, -0.15) is 0 Å². The third-order valence-electron chi connectivity index (χ3n) is 3.70. The van der Waals surface area contributed by atoms with Gasteiger partial charge in [-0.3, -0.25) is 4.79 Å². The third-order valence-corrected chi connectivity index (χ3v) is 3.70. The highest BCUT2D eigenvalue weighted by molar-refractivity contribution is 5.94. The van der Waals surface area contributed by atoms with Crippen molar-refractivity contribution in [3.05, 3.63) is 29.8 Å². The standard InChI is InChI=1S/C16H24N2O2/c1-2-10-20-13-7-5-6-12(11-13)16(19)18-15-9-4-3-8-14(15)17/h5-7,11,14-15H,2-4,8-10,17H2,1H3,(H,18,19). The fourth-order valence-electron chi connectivity index (χ4n) is 2.54. The maximum atomic E-state index is 12.3. The van der Waals surface area contributed by atoms with Gasteiger partial charge in [0.2, 0.25) is 0 Å². The van der Waals surface area contributed by atoms with Crippen molar-refractivity contribution >= 4 is 5.91 Å². The molecule has 0 saturated heterocycles. The van der Waals surface area contributed by atoms with Crippen LogP contribution in [0.3, 0.4) is 0 Å². The summed E-state index contributed by atoms with van der Waals surface area (Å²) in [5.41, 5.74) is 6.70. The predicted molar refractivity (Wildman–Crippen MR) is 79.9 cm³/mol. The van der Waals surface area contributed by atoms with Gasteiger partial charge in [-0.25, -0.2) is 0 Å². The van der Waals surface area contributed by atoms with Gasteiger partial charge in [-0.15, -0.1) is 0 Å². The molecule has 0 bridgehead atoms. The minimum absolute atomic E-state index is 0.0608. The van der Waals surface area contributed by atoms with E-state index >= 15 is 0 Å². The lowest BCUT2D eigenvalue weighted by Crippen LogP contribution is -2.49. The van der Waals surface area contributed by atoms with Crippen LogP contribution in [-0.2, 0) is 0 Å². The van der Waals surface area contributed by atoms with Crippen LogP contribution in [-0.4, -0.2) is 24.6 Å². The molecule has 110 valence electrons. The first-order chi connectivity index (χ1) is 9.70. The van der Waals surface area contributed by atoms with E-state index in [-0.39, 0.29) is 18.0 Å². The van der Waals surface area contributed by atoms with Crippen molar-refractivity contribution < 1.29 is 9.53 Å². The highest BCUT2D eigenvalue weighted by Gasteiger charge is 2.23. The molecule has 1 aromatic rings. The summed E-state index contributed by atoms with van der Waals surface area (Å²) in [5.74, 6) is 0.682. The van der Waals surface area contributed by atoms with Gasteiger partial charge in [-0.05, 0) is 37.5 Å². The van der Waals surface area contributed by atoms with E-state index in [1.54, 1.807) is 6.07 Å². The Bertz CT molecular complexity index is 448. The Morgan fingerprint density at radius 3 is 2.95 bits per heavy atom. The number of carbonyl (C=O) groups is 1. The Balaban J connectivity index is 1.97. The molecular weight excluding hydrogens is 252 g/mol. The molecule has 1 saturated carbocycles. The molecule has 0 spiro atoms. The largest absolute Gasteiger partial charge is 0.494 e. The first-order valence-corrected chi connectivity index (χ1v) is 7.50. The second-order valence-electron chi connectivity index (χ2n) is 5.40. The lowest BCUT2D eigenvalue weighted by Gasteiger charge is -2.29. The van der Waals surface area contributed by atoms with Crippen molar-refractivity contribution in [3.8, 4) is 5.75 Å². The van der Waals surface area contributed by atoms with Crippen LogP contribution in [0.15, 0.2) is 24.3 Å². The first kappa shape index (κ1) is 14.9. The van der Waals surface area contributed by atoms with Gasteiger partial charge in [0.25, 0.3) is 5.91 Å².